The van der Waals surface area contributed by atoms with Crippen molar-refractivity contribution >= 4 is 5.97 Å². The highest BCUT2D eigenvalue weighted by molar-refractivity contribution is 5.69. The Morgan fingerprint density at radius 2 is 2.40 bits per heavy atom. The molecular formula is C10H17N3O2. The van der Waals surface area contributed by atoms with Gasteiger partial charge in [0.25, 0.3) is 0 Å². The minimum Gasteiger partial charge on any atom is -0.480 e. The summed E-state index contributed by atoms with van der Waals surface area (Å²) in [5.74, 6) is -0.786. The summed E-state index contributed by atoms with van der Waals surface area (Å²) in [6.07, 6.45) is 2.67. The molecule has 1 aromatic rings. The Hall–Kier alpha value is -1.36. The van der Waals surface area contributed by atoms with E-state index >= 15 is 0 Å². The van der Waals surface area contributed by atoms with Crippen LogP contribution in [0.15, 0.2) is 12.3 Å². The van der Waals surface area contributed by atoms with Crippen molar-refractivity contribution in [1.82, 2.24) is 14.7 Å². The molecule has 0 fully saturated rings. The molecule has 0 aliphatic rings. The van der Waals surface area contributed by atoms with Crippen molar-refractivity contribution in [3.63, 3.8) is 0 Å². The fourth-order valence-corrected chi connectivity index (χ4v) is 1.51. The van der Waals surface area contributed by atoms with Gasteiger partial charge in [0.05, 0.1) is 12.2 Å². The van der Waals surface area contributed by atoms with Crippen LogP contribution in [0.25, 0.3) is 0 Å². The first kappa shape index (κ1) is 11.7. The van der Waals surface area contributed by atoms with E-state index in [0.29, 0.717) is 6.54 Å². The van der Waals surface area contributed by atoms with Crippen LogP contribution in [0.4, 0.5) is 0 Å². The van der Waals surface area contributed by atoms with Crippen molar-refractivity contribution in [3.8, 4) is 0 Å². The summed E-state index contributed by atoms with van der Waals surface area (Å²) in [6, 6.07) is 1.91. The van der Waals surface area contributed by atoms with E-state index in [1.54, 1.807) is 10.9 Å². The van der Waals surface area contributed by atoms with Gasteiger partial charge in [0.15, 0.2) is 0 Å². The van der Waals surface area contributed by atoms with Crippen molar-refractivity contribution in [2.24, 2.45) is 7.05 Å². The SMILES string of the molecule is CCCN(CC(=O)O)Cc1ccnn1C. The molecule has 15 heavy (non-hydrogen) atoms. The molecule has 0 bridgehead atoms. The Kier molecular flexibility index (Phi) is 4.30. The van der Waals surface area contributed by atoms with E-state index in [-0.39, 0.29) is 6.54 Å². The average molecular weight is 211 g/mol. The summed E-state index contributed by atoms with van der Waals surface area (Å²) >= 11 is 0. The molecule has 5 nitrogen and oxygen atoms in total. The quantitative estimate of drug-likeness (QED) is 0.753. The molecule has 1 aromatic heterocycles. The second kappa shape index (κ2) is 5.50. The minimum atomic E-state index is -0.786. The Morgan fingerprint density at radius 3 is 2.87 bits per heavy atom. The number of rotatable bonds is 6. The minimum absolute atomic E-state index is 0.0824. The zero-order valence-corrected chi connectivity index (χ0v) is 9.18. The normalized spacial score (nSPS) is 10.9. The van der Waals surface area contributed by atoms with Crippen molar-refractivity contribution in [2.45, 2.75) is 19.9 Å². The lowest BCUT2D eigenvalue weighted by molar-refractivity contribution is -0.138. The van der Waals surface area contributed by atoms with Crippen LogP contribution in [0.1, 0.15) is 19.0 Å². The van der Waals surface area contributed by atoms with Gasteiger partial charge in [-0.3, -0.25) is 14.4 Å². The van der Waals surface area contributed by atoms with Crippen LogP contribution in [-0.2, 0) is 18.4 Å². The first-order valence-electron chi connectivity index (χ1n) is 5.04. The molecule has 0 aliphatic heterocycles. The third-order valence-electron chi connectivity index (χ3n) is 2.21. The standard InChI is InChI=1S/C10H17N3O2/c1-3-6-13(8-10(14)15)7-9-4-5-11-12(9)2/h4-5H,3,6-8H2,1-2H3,(H,14,15). The summed E-state index contributed by atoms with van der Waals surface area (Å²) in [5, 5.41) is 12.8. The van der Waals surface area contributed by atoms with Gasteiger partial charge in [-0.05, 0) is 19.0 Å². The zero-order valence-electron chi connectivity index (χ0n) is 9.18. The van der Waals surface area contributed by atoms with Crippen molar-refractivity contribution in [3.05, 3.63) is 18.0 Å². The fraction of sp³-hybridized carbons (Fsp3) is 0.600. The second-order valence-corrected chi connectivity index (χ2v) is 3.55. The fourth-order valence-electron chi connectivity index (χ4n) is 1.51. The number of aliphatic carboxylic acids is 1. The van der Waals surface area contributed by atoms with Crippen LogP contribution in [-0.4, -0.2) is 38.8 Å². The molecule has 0 saturated carbocycles. The van der Waals surface area contributed by atoms with Gasteiger partial charge in [-0.2, -0.15) is 5.10 Å². The lowest BCUT2D eigenvalue weighted by Gasteiger charge is -2.19. The number of aryl methyl sites for hydroxylation is 1. The molecule has 0 aromatic carbocycles. The Morgan fingerprint density at radius 1 is 1.67 bits per heavy atom. The van der Waals surface area contributed by atoms with Crippen LogP contribution in [0.5, 0.6) is 0 Å². The number of nitrogens with zero attached hydrogens (tertiary/aromatic N) is 3. The average Bonchev–Trinajstić information content (AvgIpc) is 2.51. The summed E-state index contributed by atoms with van der Waals surface area (Å²) in [5.41, 5.74) is 1.03. The van der Waals surface area contributed by atoms with Crippen molar-refractivity contribution in [1.29, 1.82) is 0 Å². The maximum absolute atomic E-state index is 10.6. The molecule has 5 heteroatoms. The van der Waals surface area contributed by atoms with E-state index in [1.165, 1.54) is 0 Å². The lowest BCUT2D eigenvalue weighted by Crippen LogP contribution is -2.30. The number of carboxylic acid groups (broad SMARTS) is 1. The summed E-state index contributed by atoms with van der Waals surface area (Å²) < 4.78 is 1.77. The maximum atomic E-state index is 10.6. The number of carboxylic acids is 1. The number of aromatic nitrogens is 2. The molecule has 0 aliphatic carbocycles. The zero-order chi connectivity index (χ0) is 11.3. The molecule has 0 amide bonds. The maximum Gasteiger partial charge on any atom is 0.317 e. The monoisotopic (exact) mass is 211 g/mol. The van der Waals surface area contributed by atoms with Crippen LogP contribution in [0.3, 0.4) is 0 Å². The molecule has 1 rings (SSSR count). The van der Waals surface area contributed by atoms with Crippen LogP contribution < -0.4 is 0 Å². The third kappa shape index (κ3) is 3.71. The predicted molar refractivity (Wildman–Crippen MR) is 56.4 cm³/mol. The Labute approximate surface area is 89.3 Å². The van der Waals surface area contributed by atoms with Crippen LogP contribution in [0, 0.1) is 0 Å². The van der Waals surface area contributed by atoms with Crippen molar-refractivity contribution in [2.75, 3.05) is 13.1 Å². The molecule has 0 unspecified atom stereocenters. The molecule has 84 valence electrons. The highest BCUT2D eigenvalue weighted by Crippen LogP contribution is 2.03. The van der Waals surface area contributed by atoms with Gasteiger partial charge in [-0.25, -0.2) is 0 Å². The molecule has 0 spiro atoms. The highest BCUT2D eigenvalue weighted by Gasteiger charge is 2.10. The van der Waals surface area contributed by atoms with Gasteiger partial charge in [0, 0.05) is 19.8 Å². The third-order valence-corrected chi connectivity index (χ3v) is 2.21. The highest BCUT2D eigenvalue weighted by atomic mass is 16.4. The smallest absolute Gasteiger partial charge is 0.317 e. The Bertz CT molecular complexity index is 322. The predicted octanol–water partition coefficient (Wildman–Crippen LogP) is 0.717. The van der Waals surface area contributed by atoms with Gasteiger partial charge in [0.1, 0.15) is 0 Å². The molecule has 1 heterocycles. The Balaban J connectivity index is 2.58. The molecular weight excluding hydrogens is 194 g/mol. The number of hydrogen-bond acceptors (Lipinski definition) is 3. The molecule has 1 N–H and O–H groups in total. The van der Waals surface area contributed by atoms with E-state index in [4.69, 9.17) is 5.11 Å². The van der Waals surface area contributed by atoms with Gasteiger partial charge in [0.2, 0.25) is 0 Å². The van der Waals surface area contributed by atoms with E-state index in [1.807, 2.05) is 24.9 Å². The van der Waals surface area contributed by atoms with Gasteiger partial charge in [-0.1, -0.05) is 6.92 Å². The number of hydrogen-bond donors (Lipinski definition) is 1. The van der Waals surface area contributed by atoms with Crippen LogP contribution in [0.2, 0.25) is 0 Å². The second-order valence-electron chi connectivity index (χ2n) is 3.55. The first-order valence-corrected chi connectivity index (χ1v) is 5.04. The first-order chi connectivity index (χ1) is 7.13. The number of carbonyl (C=O) groups is 1. The topological polar surface area (TPSA) is 58.4 Å². The van der Waals surface area contributed by atoms with Gasteiger partial charge >= 0.3 is 5.97 Å². The summed E-state index contributed by atoms with van der Waals surface area (Å²) in [4.78, 5) is 12.5. The van der Waals surface area contributed by atoms with Crippen molar-refractivity contribution < 1.29 is 9.90 Å². The van der Waals surface area contributed by atoms with E-state index in [0.717, 1.165) is 18.7 Å². The van der Waals surface area contributed by atoms with Gasteiger partial charge < -0.3 is 5.11 Å². The largest absolute Gasteiger partial charge is 0.480 e. The van der Waals surface area contributed by atoms with E-state index in [2.05, 4.69) is 5.10 Å². The summed E-state index contributed by atoms with van der Waals surface area (Å²) in [6.45, 7) is 3.55. The summed E-state index contributed by atoms with van der Waals surface area (Å²) in [7, 11) is 1.86. The van der Waals surface area contributed by atoms with E-state index < -0.39 is 5.97 Å². The van der Waals surface area contributed by atoms with Crippen LogP contribution >= 0.6 is 0 Å². The van der Waals surface area contributed by atoms with Gasteiger partial charge in [-0.15, -0.1) is 0 Å². The molecule has 0 radical (unpaired) electrons. The van der Waals surface area contributed by atoms with E-state index in [9.17, 15) is 4.79 Å². The molecule has 0 saturated heterocycles. The lowest BCUT2D eigenvalue weighted by atomic mass is 10.3. The molecule has 0 atom stereocenters.